The number of alkyl halides is 3. The zero-order valence-corrected chi connectivity index (χ0v) is 11.9. The van der Waals surface area contributed by atoms with Gasteiger partial charge < -0.3 is 0 Å². The smallest absolute Gasteiger partial charge is 0.298 e. The number of halogens is 5. The predicted octanol–water partition coefficient (Wildman–Crippen LogP) is 4.97. The summed E-state index contributed by atoms with van der Waals surface area (Å²) in [5, 5.41) is 14.8. The molecule has 0 fully saturated rings. The quantitative estimate of drug-likeness (QED) is 0.712. The van der Waals surface area contributed by atoms with Crippen LogP contribution < -0.4 is 0 Å². The zero-order chi connectivity index (χ0) is 16.0. The number of hydrogen-bond donors (Lipinski definition) is 0. The fourth-order valence-electron chi connectivity index (χ4n) is 1.28. The topological polar surface area (TPSA) is 65.6 Å². The van der Waals surface area contributed by atoms with Crippen molar-refractivity contribution in [2.75, 3.05) is 6.54 Å². The Morgan fingerprint density at radius 3 is 2.33 bits per heavy atom. The third-order valence-corrected chi connectivity index (χ3v) is 2.85. The normalized spacial score (nSPS) is 11.6. The van der Waals surface area contributed by atoms with Crippen molar-refractivity contribution in [3.8, 4) is 6.07 Å². The summed E-state index contributed by atoms with van der Waals surface area (Å²) in [5.41, 5.74) is -1.14. The number of benzene rings is 1. The molecule has 4 nitrogen and oxygen atoms in total. The van der Waals surface area contributed by atoms with E-state index < -0.39 is 11.7 Å². The van der Waals surface area contributed by atoms with Crippen molar-refractivity contribution in [2.45, 2.75) is 19.0 Å². The lowest BCUT2D eigenvalue weighted by Gasteiger charge is -2.09. The minimum atomic E-state index is -4.57. The largest absolute Gasteiger partial charge is 0.416 e. The van der Waals surface area contributed by atoms with E-state index in [2.05, 4.69) is 10.2 Å². The molecule has 0 N–H and O–H groups in total. The van der Waals surface area contributed by atoms with Crippen molar-refractivity contribution >= 4 is 34.7 Å². The number of rotatable bonds is 5. The van der Waals surface area contributed by atoms with Gasteiger partial charge in [-0.3, -0.25) is 4.79 Å². The first-order valence-corrected chi connectivity index (χ1v) is 6.33. The molecule has 0 aliphatic rings. The van der Waals surface area contributed by atoms with Crippen LogP contribution in [0, 0.1) is 11.3 Å². The Hall–Kier alpha value is -1.65. The van der Waals surface area contributed by atoms with Gasteiger partial charge in [0.05, 0.1) is 21.7 Å². The number of ketones is 1. The van der Waals surface area contributed by atoms with Gasteiger partial charge in [-0.1, -0.05) is 23.2 Å². The van der Waals surface area contributed by atoms with E-state index in [0.29, 0.717) is 12.1 Å². The lowest BCUT2D eigenvalue weighted by molar-refractivity contribution is -0.137. The van der Waals surface area contributed by atoms with E-state index in [-0.39, 0.29) is 40.9 Å². The maximum absolute atomic E-state index is 12.5. The molecular formula is C12H8Cl2F3N3O. The Labute approximate surface area is 128 Å². The molecule has 1 aromatic rings. The molecule has 0 aliphatic heterocycles. The average Bonchev–Trinajstić information content (AvgIpc) is 2.38. The van der Waals surface area contributed by atoms with Gasteiger partial charge >= 0.3 is 6.18 Å². The highest BCUT2D eigenvalue weighted by molar-refractivity contribution is 6.38. The summed E-state index contributed by atoms with van der Waals surface area (Å²) in [7, 11) is 0. The molecular weight excluding hydrogens is 330 g/mol. The number of azo groups is 1. The number of carbonyl (C=O) groups is 1. The van der Waals surface area contributed by atoms with Gasteiger partial charge in [0.25, 0.3) is 0 Å². The molecule has 9 heteroatoms. The zero-order valence-electron chi connectivity index (χ0n) is 10.4. The fraction of sp³-hybridized carbons (Fsp3) is 0.333. The molecule has 0 radical (unpaired) electrons. The molecule has 0 aromatic heterocycles. The molecule has 1 aromatic carbocycles. The minimum Gasteiger partial charge on any atom is -0.298 e. The molecule has 0 atom stereocenters. The van der Waals surface area contributed by atoms with Crippen LogP contribution >= 0.6 is 23.2 Å². The van der Waals surface area contributed by atoms with Gasteiger partial charge in [0.2, 0.25) is 0 Å². The number of nitriles is 1. The van der Waals surface area contributed by atoms with Crippen molar-refractivity contribution in [2.24, 2.45) is 10.2 Å². The van der Waals surface area contributed by atoms with Gasteiger partial charge in [-0.2, -0.15) is 28.7 Å². The van der Waals surface area contributed by atoms with Crippen molar-refractivity contribution in [3.63, 3.8) is 0 Å². The molecule has 0 bridgehead atoms. The van der Waals surface area contributed by atoms with E-state index >= 15 is 0 Å². The third-order valence-electron chi connectivity index (χ3n) is 2.28. The van der Waals surface area contributed by atoms with E-state index in [1.807, 2.05) is 0 Å². The van der Waals surface area contributed by atoms with Crippen LogP contribution in [0.2, 0.25) is 10.0 Å². The van der Waals surface area contributed by atoms with Crippen LogP contribution in [0.15, 0.2) is 22.4 Å². The summed E-state index contributed by atoms with van der Waals surface area (Å²) in [6.07, 6.45) is -4.48. The van der Waals surface area contributed by atoms with Gasteiger partial charge in [0.15, 0.2) is 5.78 Å². The number of hydrogen-bond acceptors (Lipinski definition) is 4. The van der Waals surface area contributed by atoms with Gasteiger partial charge in [-0.15, -0.1) is 0 Å². The van der Waals surface area contributed by atoms with Crippen LogP contribution in [-0.4, -0.2) is 12.3 Å². The molecule has 1 rings (SSSR count). The average molecular weight is 338 g/mol. The third kappa shape index (κ3) is 5.33. The summed E-state index contributed by atoms with van der Waals surface area (Å²) in [4.78, 5) is 11.2. The molecule has 0 unspecified atom stereocenters. The maximum Gasteiger partial charge on any atom is 0.416 e. The second kappa shape index (κ2) is 7.38. The summed E-state index contributed by atoms with van der Waals surface area (Å²) >= 11 is 11.3. The van der Waals surface area contributed by atoms with Crippen LogP contribution in [0.25, 0.3) is 0 Å². The summed E-state index contributed by atoms with van der Waals surface area (Å²) in [6, 6.07) is 3.16. The molecule has 0 saturated carbocycles. The Kier molecular flexibility index (Phi) is 6.12. The van der Waals surface area contributed by atoms with Crippen molar-refractivity contribution in [1.29, 1.82) is 5.26 Å². The Morgan fingerprint density at radius 2 is 1.86 bits per heavy atom. The standard InChI is InChI=1S/C12H8Cl2F3N3O/c13-9-4-7(12(15,16)17)5-10(14)11(9)20-19-6-8(21)2-1-3-18/h4-5H,1-2,6H2. The van der Waals surface area contributed by atoms with E-state index in [0.717, 1.165) is 0 Å². The second-order valence-corrected chi connectivity index (χ2v) is 4.70. The number of Topliss-reactive ketones (excluding diaryl/α,β-unsaturated/α-hetero) is 1. The van der Waals surface area contributed by atoms with E-state index in [4.69, 9.17) is 28.5 Å². The molecule has 21 heavy (non-hydrogen) atoms. The van der Waals surface area contributed by atoms with Crippen LogP contribution in [0.5, 0.6) is 0 Å². The molecule has 0 aliphatic carbocycles. The lowest BCUT2D eigenvalue weighted by Crippen LogP contribution is -2.04. The van der Waals surface area contributed by atoms with Crippen LogP contribution in [-0.2, 0) is 11.0 Å². The van der Waals surface area contributed by atoms with Gasteiger partial charge in [0.1, 0.15) is 12.2 Å². The molecule has 0 saturated heterocycles. The van der Waals surface area contributed by atoms with Gasteiger partial charge in [-0.05, 0) is 12.1 Å². The van der Waals surface area contributed by atoms with Crippen LogP contribution in [0.4, 0.5) is 18.9 Å². The van der Waals surface area contributed by atoms with Crippen molar-refractivity contribution in [3.05, 3.63) is 27.7 Å². The minimum absolute atomic E-state index is 0.0317. The molecule has 0 amide bonds. The first-order chi connectivity index (χ1) is 9.75. The molecule has 0 heterocycles. The van der Waals surface area contributed by atoms with Crippen molar-refractivity contribution in [1.82, 2.24) is 0 Å². The first-order valence-electron chi connectivity index (χ1n) is 5.58. The monoisotopic (exact) mass is 337 g/mol. The Bertz CT molecular complexity index is 586. The molecule has 112 valence electrons. The first kappa shape index (κ1) is 17.4. The SMILES string of the molecule is N#CCCC(=O)CN=Nc1c(Cl)cc(C(F)(F)F)cc1Cl. The molecule has 0 spiro atoms. The highest BCUT2D eigenvalue weighted by atomic mass is 35.5. The Balaban J connectivity index is 2.86. The van der Waals surface area contributed by atoms with E-state index in [1.165, 1.54) is 0 Å². The fourth-order valence-corrected chi connectivity index (χ4v) is 1.85. The summed E-state index contributed by atoms with van der Waals surface area (Å²) in [5.74, 6) is -0.320. The van der Waals surface area contributed by atoms with E-state index in [9.17, 15) is 18.0 Å². The summed E-state index contributed by atoms with van der Waals surface area (Å²) < 4.78 is 37.5. The van der Waals surface area contributed by atoms with Crippen molar-refractivity contribution < 1.29 is 18.0 Å². The highest BCUT2D eigenvalue weighted by Crippen LogP contribution is 2.39. The van der Waals surface area contributed by atoms with Crippen LogP contribution in [0.1, 0.15) is 18.4 Å². The van der Waals surface area contributed by atoms with Crippen LogP contribution in [0.3, 0.4) is 0 Å². The predicted molar refractivity (Wildman–Crippen MR) is 70.7 cm³/mol. The lowest BCUT2D eigenvalue weighted by atomic mass is 10.2. The van der Waals surface area contributed by atoms with Gasteiger partial charge in [-0.25, -0.2) is 0 Å². The second-order valence-electron chi connectivity index (χ2n) is 3.88. The Morgan fingerprint density at radius 1 is 1.29 bits per heavy atom. The van der Waals surface area contributed by atoms with Gasteiger partial charge in [0, 0.05) is 12.8 Å². The number of nitrogens with zero attached hydrogens (tertiary/aromatic N) is 3. The maximum atomic E-state index is 12.5. The van der Waals surface area contributed by atoms with E-state index in [1.54, 1.807) is 6.07 Å². The summed E-state index contributed by atoms with van der Waals surface area (Å²) in [6.45, 7) is -0.296. The number of carbonyl (C=O) groups excluding carboxylic acids is 1. The highest BCUT2D eigenvalue weighted by Gasteiger charge is 2.32.